The molecular weight excluding hydrogens is 322 g/mol. The number of fused-ring (bicyclic) bond motifs is 1. The Labute approximate surface area is 147 Å². The lowest BCUT2D eigenvalue weighted by Gasteiger charge is -2.31. The van der Waals surface area contributed by atoms with Gasteiger partial charge in [-0.3, -0.25) is 0 Å². The lowest BCUT2D eigenvalue weighted by Crippen LogP contribution is -2.55. The van der Waals surface area contributed by atoms with Gasteiger partial charge in [0.15, 0.2) is 0 Å². The number of carbonyl (C=O) groups is 1. The third kappa shape index (κ3) is 3.45. The first-order valence-corrected chi connectivity index (χ1v) is 10.1. The van der Waals surface area contributed by atoms with Gasteiger partial charge in [0.2, 0.25) is 0 Å². The number of aromatic nitrogens is 1. The van der Waals surface area contributed by atoms with Crippen molar-refractivity contribution in [1.82, 2.24) is 15.6 Å². The summed E-state index contributed by atoms with van der Waals surface area (Å²) in [4.78, 5) is 18.5. The quantitative estimate of drug-likeness (QED) is 0.859. The maximum absolute atomic E-state index is 12.3. The maximum Gasteiger partial charge on any atom is 0.315 e. The van der Waals surface area contributed by atoms with Crippen LogP contribution in [0.15, 0.2) is 0 Å². The minimum Gasteiger partial charge on any atom is -0.375 e. The summed E-state index contributed by atoms with van der Waals surface area (Å²) < 4.78 is 5.86. The molecule has 4 rings (SSSR count). The Balaban J connectivity index is 1.25. The van der Waals surface area contributed by atoms with Crippen molar-refractivity contribution in [3.8, 4) is 0 Å². The summed E-state index contributed by atoms with van der Waals surface area (Å²) in [6.07, 6.45) is 9.25. The lowest BCUT2D eigenvalue weighted by molar-refractivity contribution is 0.0591. The first-order valence-electron chi connectivity index (χ1n) is 9.29. The van der Waals surface area contributed by atoms with Gasteiger partial charge in [-0.1, -0.05) is 0 Å². The van der Waals surface area contributed by atoms with Gasteiger partial charge in [-0.15, -0.1) is 11.3 Å². The molecule has 6 heteroatoms. The molecule has 0 bridgehead atoms. The number of amides is 2. The molecule has 5 nitrogen and oxygen atoms in total. The van der Waals surface area contributed by atoms with E-state index >= 15 is 0 Å². The first kappa shape index (κ1) is 16.3. The van der Waals surface area contributed by atoms with E-state index in [2.05, 4.69) is 17.6 Å². The van der Waals surface area contributed by atoms with E-state index in [-0.39, 0.29) is 17.7 Å². The van der Waals surface area contributed by atoms with E-state index in [4.69, 9.17) is 9.72 Å². The van der Waals surface area contributed by atoms with Gasteiger partial charge in [-0.2, -0.15) is 0 Å². The highest BCUT2D eigenvalue weighted by Gasteiger charge is 2.48. The number of carbonyl (C=O) groups excluding carboxylic acids is 1. The zero-order valence-electron chi connectivity index (χ0n) is 14.4. The second-order valence-corrected chi connectivity index (χ2v) is 8.78. The molecule has 0 radical (unpaired) electrons. The van der Waals surface area contributed by atoms with Gasteiger partial charge in [-0.05, 0) is 57.8 Å². The fourth-order valence-electron chi connectivity index (χ4n) is 4.01. The molecule has 3 aliphatic rings. The summed E-state index contributed by atoms with van der Waals surface area (Å²) in [6.45, 7) is 3.52. The summed E-state index contributed by atoms with van der Waals surface area (Å²) in [5.41, 5.74) is 1.08. The first-order chi connectivity index (χ1) is 11.6. The molecule has 2 amide bonds. The number of urea groups is 1. The molecule has 1 aromatic heterocycles. The van der Waals surface area contributed by atoms with Crippen LogP contribution in [-0.2, 0) is 24.0 Å². The molecular formula is C18H27N3O2S. The second-order valence-electron chi connectivity index (χ2n) is 7.61. The van der Waals surface area contributed by atoms with Crippen molar-refractivity contribution in [2.75, 3.05) is 13.2 Å². The molecule has 132 valence electrons. The van der Waals surface area contributed by atoms with Crippen molar-refractivity contribution < 1.29 is 9.53 Å². The molecule has 2 atom stereocenters. The number of aryl methyl sites for hydroxylation is 2. The highest BCUT2D eigenvalue weighted by molar-refractivity contribution is 7.11. The van der Waals surface area contributed by atoms with Gasteiger partial charge in [0.25, 0.3) is 0 Å². The van der Waals surface area contributed by atoms with Crippen LogP contribution in [0.1, 0.15) is 54.6 Å². The molecule has 1 saturated heterocycles. The average Bonchev–Trinajstić information content (AvgIpc) is 3.19. The molecule has 2 aliphatic carbocycles. The Morgan fingerprint density at radius 3 is 3.00 bits per heavy atom. The Morgan fingerprint density at radius 2 is 2.21 bits per heavy atom. The van der Waals surface area contributed by atoms with E-state index in [1.54, 1.807) is 0 Å². The third-order valence-electron chi connectivity index (χ3n) is 5.51. The van der Waals surface area contributed by atoms with Crippen LogP contribution < -0.4 is 10.6 Å². The topological polar surface area (TPSA) is 63.2 Å². The largest absolute Gasteiger partial charge is 0.375 e. The third-order valence-corrected chi connectivity index (χ3v) is 6.73. The normalized spacial score (nSPS) is 29.3. The Morgan fingerprint density at radius 1 is 1.38 bits per heavy atom. The minimum atomic E-state index is -0.217. The molecule has 2 N–H and O–H groups in total. The van der Waals surface area contributed by atoms with E-state index in [9.17, 15) is 4.79 Å². The summed E-state index contributed by atoms with van der Waals surface area (Å²) in [7, 11) is 0. The van der Waals surface area contributed by atoms with E-state index in [1.165, 1.54) is 42.7 Å². The van der Waals surface area contributed by atoms with Crippen LogP contribution in [0, 0.1) is 5.92 Å². The van der Waals surface area contributed by atoms with Gasteiger partial charge in [0, 0.05) is 24.4 Å². The average molecular weight is 350 g/mol. The molecule has 1 aromatic rings. The van der Waals surface area contributed by atoms with Gasteiger partial charge in [-0.25, -0.2) is 9.78 Å². The number of hydrogen-bond acceptors (Lipinski definition) is 4. The SMILES string of the molecule is C[C@@]1(NC(=O)NCCc2nc3c(s2)CCCC3)CCO[C@@H]1C1CC1. The lowest BCUT2D eigenvalue weighted by atomic mass is 9.90. The van der Waals surface area contributed by atoms with Crippen molar-refractivity contribution in [2.24, 2.45) is 5.92 Å². The number of nitrogens with one attached hydrogen (secondary N) is 2. The Bertz CT molecular complexity index is 590. The molecule has 0 spiro atoms. The van der Waals surface area contributed by atoms with Crippen LogP contribution in [0.2, 0.25) is 0 Å². The summed E-state index contributed by atoms with van der Waals surface area (Å²) in [5, 5.41) is 7.34. The standard InChI is InChI=1S/C18H27N3O2S/c1-18(9-11-23-16(18)12-6-7-12)21-17(22)19-10-8-15-20-13-4-2-3-5-14(13)24-15/h12,16H,2-11H2,1H3,(H2,19,21,22)/t16-,18-/m1/s1. The maximum atomic E-state index is 12.3. The summed E-state index contributed by atoms with van der Waals surface area (Å²) in [5.74, 6) is 0.638. The number of hydrogen-bond donors (Lipinski definition) is 2. The van der Waals surface area contributed by atoms with Crippen molar-refractivity contribution in [3.63, 3.8) is 0 Å². The van der Waals surface area contributed by atoms with Crippen molar-refractivity contribution in [3.05, 3.63) is 15.6 Å². The Kier molecular flexibility index (Phi) is 4.52. The van der Waals surface area contributed by atoms with Crippen molar-refractivity contribution >= 4 is 17.4 Å². The van der Waals surface area contributed by atoms with Crippen LogP contribution in [0.25, 0.3) is 0 Å². The van der Waals surface area contributed by atoms with E-state index in [0.717, 1.165) is 30.9 Å². The van der Waals surface area contributed by atoms with E-state index in [0.29, 0.717) is 12.5 Å². The van der Waals surface area contributed by atoms with Crippen LogP contribution in [0.4, 0.5) is 4.79 Å². The van der Waals surface area contributed by atoms with Crippen LogP contribution in [0.3, 0.4) is 0 Å². The molecule has 24 heavy (non-hydrogen) atoms. The minimum absolute atomic E-state index is 0.0741. The predicted octanol–water partition coefficient (Wildman–Crippen LogP) is 2.82. The van der Waals surface area contributed by atoms with Crippen LogP contribution >= 0.6 is 11.3 Å². The fraction of sp³-hybridized carbons (Fsp3) is 0.778. The molecule has 1 saturated carbocycles. The van der Waals surface area contributed by atoms with Gasteiger partial charge < -0.3 is 15.4 Å². The van der Waals surface area contributed by atoms with Crippen molar-refractivity contribution in [2.45, 2.75) is 69.9 Å². The highest BCUT2D eigenvalue weighted by Crippen LogP contribution is 2.43. The monoisotopic (exact) mass is 349 g/mol. The van der Waals surface area contributed by atoms with Crippen molar-refractivity contribution in [1.29, 1.82) is 0 Å². The summed E-state index contributed by atoms with van der Waals surface area (Å²) >= 11 is 1.83. The number of thiazole rings is 1. The van der Waals surface area contributed by atoms with Crippen LogP contribution in [0.5, 0.6) is 0 Å². The number of rotatable bonds is 5. The number of ether oxygens (including phenoxy) is 1. The zero-order valence-corrected chi connectivity index (χ0v) is 15.2. The smallest absolute Gasteiger partial charge is 0.315 e. The predicted molar refractivity (Wildman–Crippen MR) is 94.5 cm³/mol. The Hall–Kier alpha value is -1.14. The molecule has 0 unspecified atom stereocenters. The molecule has 1 aliphatic heterocycles. The van der Waals surface area contributed by atoms with Gasteiger partial charge >= 0.3 is 6.03 Å². The fourth-order valence-corrected chi connectivity index (χ4v) is 5.17. The van der Waals surface area contributed by atoms with E-state index in [1.807, 2.05) is 11.3 Å². The van der Waals surface area contributed by atoms with Gasteiger partial charge in [0.05, 0.1) is 22.3 Å². The molecule has 2 fully saturated rings. The highest BCUT2D eigenvalue weighted by atomic mass is 32.1. The molecule has 2 heterocycles. The molecule has 0 aromatic carbocycles. The zero-order chi connectivity index (χ0) is 16.6. The van der Waals surface area contributed by atoms with Crippen LogP contribution in [-0.4, -0.2) is 35.8 Å². The second kappa shape index (κ2) is 6.64. The summed E-state index contributed by atoms with van der Waals surface area (Å²) in [6, 6.07) is -0.0741. The van der Waals surface area contributed by atoms with Gasteiger partial charge in [0.1, 0.15) is 0 Å². The van der Waals surface area contributed by atoms with E-state index < -0.39 is 0 Å². The number of nitrogens with zero attached hydrogens (tertiary/aromatic N) is 1.